The minimum atomic E-state index is -1.50. The van der Waals surface area contributed by atoms with Gasteiger partial charge in [0.1, 0.15) is 6.09 Å². The number of hydrogen-bond donors (Lipinski definition) is 1. The van der Waals surface area contributed by atoms with Crippen molar-refractivity contribution in [2.24, 2.45) is 0 Å². The van der Waals surface area contributed by atoms with Crippen LogP contribution in [0.5, 0.6) is 11.8 Å². The predicted molar refractivity (Wildman–Crippen MR) is 44.2 cm³/mol. The summed E-state index contributed by atoms with van der Waals surface area (Å²) in [7, 11) is 2.79. The number of amides is 1. The lowest BCUT2D eigenvalue weighted by Gasteiger charge is -2.07. The molecule has 1 aromatic rings. The maximum absolute atomic E-state index is 10.2. The zero-order valence-electron chi connectivity index (χ0n) is 7.60. The normalized spacial score (nSPS) is 9.29. The van der Waals surface area contributed by atoms with Crippen LogP contribution in [0.3, 0.4) is 0 Å². The number of nitrogens with zero attached hydrogens (tertiary/aromatic N) is 2. The van der Waals surface area contributed by atoms with E-state index in [9.17, 15) is 9.90 Å². The number of nitrogens with one attached hydrogen (secondary N) is 1. The molecule has 7 heteroatoms. The summed E-state index contributed by atoms with van der Waals surface area (Å²) in [5, 5.41) is 12.1. The van der Waals surface area contributed by atoms with Crippen molar-refractivity contribution in [2.75, 3.05) is 19.5 Å². The van der Waals surface area contributed by atoms with Crippen molar-refractivity contribution in [3.05, 3.63) is 6.07 Å². The Morgan fingerprint density at radius 1 is 1.36 bits per heavy atom. The van der Waals surface area contributed by atoms with Crippen LogP contribution in [0.15, 0.2) is 6.07 Å². The predicted octanol–water partition coefficient (Wildman–Crippen LogP) is -0.751. The largest absolute Gasteiger partial charge is 0.530 e. The summed E-state index contributed by atoms with van der Waals surface area (Å²) in [6.45, 7) is 0. The number of aromatic nitrogens is 2. The highest BCUT2D eigenvalue weighted by Gasteiger charge is 2.04. The van der Waals surface area contributed by atoms with E-state index < -0.39 is 6.09 Å². The van der Waals surface area contributed by atoms with E-state index in [1.807, 2.05) is 5.32 Å². The molecular formula is C7H8N3O4-. The quantitative estimate of drug-likeness (QED) is 0.686. The number of carbonyl (C=O) groups excluding carboxylic acids is 1. The van der Waals surface area contributed by atoms with E-state index in [0.717, 1.165) is 0 Å². The number of methoxy groups -OCH3 is 2. The highest BCUT2D eigenvalue weighted by molar-refractivity contribution is 5.78. The molecule has 0 radical (unpaired) electrons. The fourth-order valence-electron chi connectivity index (χ4n) is 0.760. The molecule has 0 aliphatic heterocycles. The van der Waals surface area contributed by atoms with Crippen LogP contribution in [0.4, 0.5) is 10.7 Å². The van der Waals surface area contributed by atoms with Gasteiger partial charge in [-0.3, -0.25) is 0 Å². The summed E-state index contributed by atoms with van der Waals surface area (Å²) in [4.78, 5) is 17.6. The molecule has 1 heterocycles. The van der Waals surface area contributed by atoms with E-state index in [1.165, 1.54) is 20.3 Å². The molecule has 0 fully saturated rings. The molecule has 0 aliphatic rings. The topological polar surface area (TPSA) is 96.4 Å². The van der Waals surface area contributed by atoms with Gasteiger partial charge in [-0.15, -0.1) is 0 Å². The van der Waals surface area contributed by atoms with Crippen LogP contribution in [0.1, 0.15) is 0 Å². The lowest BCUT2D eigenvalue weighted by Crippen LogP contribution is -2.29. The Hall–Kier alpha value is -2.05. The van der Waals surface area contributed by atoms with Gasteiger partial charge in [0.05, 0.1) is 20.3 Å². The first kappa shape index (κ1) is 10.0. The number of carboxylic acid groups (broad SMARTS) is 1. The van der Waals surface area contributed by atoms with Crippen molar-refractivity contribution < 1.29 is 19.4 Å². The number of carbonyl (C=O) groups is 1. The summed E-state index contributed by atoms with van der Waals surface area (Å²) in [5.74, 6) is 0.238. The van der Waals surface area contributed by atoms with E-state index >= 15 is 0 Å². The van der Waals surface area contributed by atoms with Crippen molar-refractivity contribution in [1.82, 2.24) is 9.97 Å². The van der Waals surface area contributed by atoms with E-state index in [0.29, 0.717) is 0 Å². The van der Waals surface area contributed by atoms with E-state index in [-0.39, 0.29) is 17.7 Å². The van der Waals surface area contributed by atoms with E-state index in [1.54, 1.807) is 0 Å². The molecule has 0 aromatic carbocycles. The van der Waals surface area contributed by atoms with Crippen LogP contribution in [0.25, 0.3) is 0 Å². The van der Waals surface area contributed by atoms with Crippen LogP contribution in [-0.2, 0) is 0 Å². The molecule has 1 amide bonds. The Morgan fingerprint density at radius 3 is 2.21 bits per heavy atom. The van der Waals surface area contributed by atoms with Crippen LogP contribution in [0.2, 0.25) is 0 Å². The molecule has 1 aromatic heterocycles. The Kier molecular flexibility index (Phi) is 3.05. The molecule has 7 nitrogen and oxygen atoms in total. The van der Waals surface area contributed by atoms with Gasteiger partial charge in [0.25, 0.3) is 0 Å². The van der Waals surface area contributed by atoms with Gasteiger partial charge in [0.15, 0.2) is 0 Å². The maximum atomic E-state index is 10.2. The van der Waals surface area contributed by atoms with Crippen molar-refractivity contribution >= 4 is 12.0 Å². The molecule has 76 valence electrons. The van der Waals surface area contributed by atoms with E-state index in [4.69, 9.17) is 9.47 Å². The molecule has 0 saturated heterocycles. The minimum Gasteiger partial charge on any atom is -0.530 e. The number of hydrogen-bond acceptors (Lipinski definition) is 6. The Balaban J connectivity index is 2.98. The molecule has 1 N–H and O–H groups in total. The van der Waals surface area contributed by atoms with Crippen LogP contribution < -0.4 is 19.9 Å². The lowest BCUT2D eigenvalue weighted by atomic mass is 10.6. The average molecular weight is 198 g/mol. The Bertz CT molecular complexity index is 319. The number of rotatable bonds is 3. The Morgan fingerprint density at radius 2 is 1.86 bits per heavy atom. The summed E-state index contributed by atoms with van der Waals surface area (Å²) in [6.07, 6.45) is -1.50. The number of anilines is 1. The molecule has 0 spiro atoms. The number of ether oxygens (including phenoxy) is 2. The van der Waals surface area contributed by atoms with Gasteiger partial charge in [0.2, 0.25) is 17.7 Å². The van der Waals surface area contributed by atoms with Crippen LogP contribution in [0, 0.1) is 0 Å². The van der Waals surface area contributed by atoms with Gasteiger partial charge in [-0.1, -0.05) is 0 Å². The monoisotopic (exact) mass is 198 g/mol. The van der Waals surface area contributed by atoms with Gasteiger partial charge in [-0.2, -0.15) is 9.97 Å². The van der Waals surface area contributed by atoms with E-state index in [2.05, 4.69) is 9.97 Å². The molecule has 0 atom stereocenters. The summed E-state index contributed by atoms with van der Waals surface area (Å²) in [5.41, 5.74) is 0. The van der Waals surface area contributed by atoms with Crippen LogP contribution in [-0.4, -0.2) is 30.3 Å². The second-order valence-corrected chi connectivity index (χ2v) is 2.19. The molecular weight excluding hydrogens is 190 g/mol. The first-order chi connectivity index (χ1) is 6.65. The van der Waals surface area contributed by atoms with Crippen molar-refractivity contribution in [3.8, 4) is 11.8 Å². The van der Waals surface area contributed by atoms with Gasteiger partial charge in [-0.25, -0.2) is 0 Å². The van der Waals surface area contributed by atoms with Crippen molar-refractivity contribution in [3.63, 3.8) is 0 Å². The van der Waals surface area contributed by atoms with Gasteiger partial charge in [0, 0.05) is 0 Å². The smallest absolute Gasteiger partial charge is 0.234 e. The minimum absolute atomic E-state index is 0.152. The highest BCUT2D eigenvalue weighted by atomic mass is 16.5. The Labute approximate surface area is 79.7 Å². The average Bonchev–Trinajstić information content (AvgIpc) is 2.16. The lowest BCUT2D eigenvalue weighted by molar-refractivity contribution is -0.242. The highest BCUT2D eigenvalue weighted by Crippen LogP contribution is 2.16. The fraction of sp³-hybridized carbons (Fsp3) is 0.286. The second-order valence-electron chi connectivity index (χ2n) is 2.19. The van der Waals surface area contributed by atoms with Gasteiger partial charge < -0.3 is 24.7 Å². The third kappa shape index (κ3) is 2.47. The molecule has 0 unspecified atom stereocenters. The summed E-state index contributed by atoms with van der Waals surface area (Å²) < 4.78 is 9.59. The summed E-state index contributed by atoms with van der Waals surface area (Å²) >= 11 is 0. The van der Waals surface area contributed by atoms with Gasteiger partial charge in [-0.05, 0) is 0 Å². The molecule has 1 rings (SSSR count). The summed E-state index contributed by atoms with van der Waals surface area (Å²) in [6, 6.07) is 1.42. The van der Waals surface area contributed by atoms with Crippen molar-refractivity contribution in [2.45, 2.75) is 0 Å². The fourth-order valence-corrected chi connectivity index (χ4v) is 0.760. The van der Waals surface area contributed by atoms with Crippen molar-refractivity contribution in [1.29, 1.82) is 0 Å². The first-order valence-corrected chi connectivity index (χ1v) is 3.60. The van der Waals surface area contributed by atoms with Crippen LogP contribution >= 0.6 is 0 Å². The molecule has 0 saturated carbocycles. The maximum Gasteiger partial charge on any atom is 0.234 e. The molecule has 0 bridgehead atoms. The third-order valence-electron chi connectivity index (χ3n) is 1.31. The second kappa shape index (κ2) is 4.26. The third-order valence-corrected chi connectivity index (χ3v) is 1.31. The zero-order valence-corrected chi connectivity index (χ0v) is 7.60. The first-order valence-electron chi connectivity index (χ1n) is 3.60. The SMILES string of the molecule is COc1cc(OC)nc(NC(=O)[O-])n1. The zero-order chi connectivity index (χ0) is 10.6. The van der Waals surface area contributed by atoms with Gasteiger partial charge >= 0.3 is 0 Å². The molecule has 14 heavy (non-hydrogen) atoms. The molecule has 0 aliphatic carbocycles. The standard InChI is InChI=1S/C7H9N3O4/c1-13-4-3-5(14-2)9-6(8-4)10-7(11)12/h3H,1-2H3,(H,11,12)(H,8,9,10)/p-1.